The van der Waals surface area contributed by atoms with Crippen molar-refractivity contribution in [2.24, 2.45) is 5.41 Å². The minimum atomic E-state index is 0.0642. The first-order valence-electron chi connectivity index (χ1n) is 12.3. The number of piperidine rings is 1. The summed E-state index contributed by atoms with van der Waals surface area (Å²) < 4.78 is 2.14. The molecule has 0 aromatic carbocycles. The summed E-state index contributed by atoms with van der Waals surface area (Å²) in [7, 11) is 0. The molecule has 1 aromatic rings. The van der Waals surface area contributed by atoms with Crippen molar-refractivity contribution in [3.05, 3.63) is 5.82 Å². The molecule has 0 saturated carbocycles. The molecule has 0 spiro atoms. The lowest BCUT2D eigenvalue weighted by atomic mass is 9.87. The van der Waals surface area contributed by atoms with E-state index in [9.17, 15) is 4.79 Å². The molecule has 2 unspecified atom stereocenters. The van der Waals surface area contributed by atoms with E-state index >= 15 is 0 Å². The minimum Gasteiger partial charge on any atom is -0.340 e. The Morgan fingerprint density at radius 2 is 1.80 bits per heavy atom. The van der Waals surface area contributed by atoms with E-state index < -0.39 is 0 Å². The first-order chi connectivity index (χ1) is 14.5. The molecule has 0 radical (unpaired) electrons. The van der Waals surface area contributed by atoms with Gasteiger partial charge in [0.15, 0.2) is 0 Å². The van der Waals surface area contributed by atoms with Crippen molar-refractivity contribution >= 4 is 11.9 Å². The van der Waals surface area contributed by atoms with Crippen LogP contribution in [-0.2, 0) is 6.54 Å². The number of rotatable bonds is 7. The van der Waals surface area contributed by atoms with Gasteiger partial charge in [-0.25, -0.2) is 0 Å². The summed E-state index contributed by atoms with van der Waals surface area (Å²) in [5.41, 5.74) is 0.329. The van der Waals surface area contributed by atoms with Gasteiger partial charge in [0.1, 0.15) is 0 Å². The number of aromatic nitrogens is 3. The van der Waals surface area contributed by atoms with Gasteiger partial charge in [0.2, 0.25) is 11.8 Å². The first-order valence-corrected chi connectivity index (χ1v) is 12.3. The number of carbonyl (C=O) groups is 1. The number of likely N-dealkylation sites (tertiary alicyclic amines) is 2. The van der Waals surface area contributed by atoms with Gasteiger partial charge in [-0.2, -0.15) is 0 Å². The van der Waals surface area contributed by atoms with E-state index in [4.69, 9.17) is 0 Å². The second-order valence-electron chi connectivity index (χ2n) is 9.90. The van der Waals surface area contributed by atoms with Crippen molar-refractivity contribution in [3.8, 4) is 0 Å². The fourth-order valence-electron chi connectivity index (χ4n) is 5.48. The molecule has 4 rings (SSSR count). The second-order valence-corrected chi connectivity index (χ2v) is 9.90. The zero-order valence-corrected chi connectivity index (χ0v) is 19.3. The molecule has 0 aliphatic carbocycles. The van der Waals surface area contributed by atoms with E-state index in [-0.39, 0.29) is 5.91 Å². The lowest BCUT2D eigenvalue weighted by Gasteiger charge is -2.35. The van der Waals surface area contributed by atoms with E-state index in [2.05, 4.69) is 45.3 Å². The Kier molecular flexibility index (Phi) is 6.66. The van der Waals surface area contributed by atoms with Crippen LogP contribution in [0, 0.1) is 5.41 Å². The van der Waals surface area contributed by atoms with Crippen LogP contribution in [0.1, 0.15) is 82.8 Å². The summed E-state index contributed by atoms with van der Waals surface area (Å²) in [5, 5.41) is 9.01. The predicted octanol–water partition coefficient (Wildman–Crippen LogP) is 3.41. The van der Waals surface area contributed by atoms with Crippen LogP contribution in [0.25, 0.3) is 0 Å². The van der Waals surface area contributed by atoms with Crippen LogP contribution in [0.4, 0.5) is 5.95 Å². The summed E-state index contributed by atoms with van der Waals surface area (Å²) in [4.78, 5) is 20.2. The van der Waals surface area contributed by atoms with Crippen LogP contribution in [0.3, 0.4) is 0 Å². The molecule has 0 N–H and O–H groups in total. The standard InChI is InChI=1S/C23H40N6O/c1-4-19-10-6-7-12-26(19)16-17-29-20(21(30)27-13-8-9-14-27)24-25-22(29)28-15-11-23(3,5-2)18-28/h19H,4-18H2,1-3H3. The molecule has 4 heterocycles. The number of nitrogens with zero attached hydrogens (tertiary/aromatic N) is 6. The van der Waals surface area contributed by atoms with Crippen LogP contribution in [0.5, 0.6) is 0 Å². The summed E-state index contributed by atoms with van der Waals surface area (Å²) in [6.07, 6.45) is 9.67. The van der Waals surface area contributed by atoms with Crippen molar-refractivity contribution in [2.75, 3.05) is 44.2 Å². The summed E-state index contributed by atoms with van der Waals surface area (Å²) in [6.45, 7) is 13.6. The van der Waals surface area contributed by atoms with E-state index in [0.29, 0.717) is 17.3 Å². The third-order valence-corrected chi connectivity index (χ3v) is 7.84. The summed E-state index contributed by atoms with van der Waals surface area (Å²) in [5.74, 6) is 1.51. The smallest absolute Gasteiger partial charge is 0.291 e. The Morgan fingerprint density at radius 3 is 2.50 bits per heavy atom. The van der Waals surface area contributed by atoms with Gasteiger partial charge in [-0.3, -0.25) is 14.3 Å². The Balaban J connectivity index is 1.56. The quantitative estimate of drug-likeness (QED) is 0.682. The van der Waals surface area contributed by atoms with E-state index in [1.54, 1.807) is 0 Å². The molecule has 1 aromatic heterocycles. The largest absolute Gasteiger partial charge is 0.340 e. The lowest BCUT2D eigenvalue weighted by Crippen LogP contribution is -2.41. The molecule has 7 heteroatoms. The molecule has 3 fully saturated rings. The highest BCUT2D eigenvalue weighted by Gasteiger charge is 2.36. The van der Waals surface area contributed by atoms with Crippen molar-refractivity contribution in [3.63, 3.8) is 0 Å². The maximum absolute atomic E-state index is 13.2. The molecule has 2 atom stereocenters. The number of anilines is 1. The van der Waals surface area contributed by atoms with E-state index in [1.165, 1.54) is 45.1 Å². The first kappa shape index (κ1) is 21.6. The monoisotopic (exact) mass is 416 g/mol. The average molecular weight is 417 g/mol. The Labute approximate surface area is 181 Å². The Morgan fingerprint density at radius 1 is 1.03 bits per heavy atom. The second kappa shape index (κ2) is 9.25. The summed E-state index contributed by atoms with van der Waals surface area (Å²) in [6, 6.07) is 0.673. The van der Waals surface area contributed by atoms with Crippen molar-refractivity contribution in [1.82, 2.24) is 24.6 Å². The van der Waals surface area contributed by atoms with E-state index in [1.807, 2.05) is 4.90 Å². The number of amides is 1. The van der Waals surface area contributed by atoms with Crippen LogP contribution in [-0.4, -0.2) is 75.8 Å². The molecular weight excluding hydrogens is 376 g/mol. The summed E-state index contributed by atoms with van der Waals surface area (Å²) >= 11 is 0. The maximum Gasteiger partial charge on any atom is 0.291 e. The SMILES string of the molecule is CCC1CCCCN1CCn1c(C(=O)N2CCCC2)nnc1N1CCC(C)(CC)C1. The topological polar surface area (TPSA) is 57.5 Å². The van der Waals surface area contributed by atoms with Gasteiger partial charge in [-0.15, -0.1) is 10.2 Å². The zero-order chi connectivity index (χ0) is 21.1. The maximum atomic E-state index is 13.2. The van der Waals surface area contributed by atoms with Crippen molar-refractivity contribution in [2.45, 2.75) is 84.7 Å². The van der Waals surface area contributed by atoms with Gasteiger partial charge in [-0.05, 0) is 56.9 Å². The van der Waals surface area contributed by atoms with Gasteiger partial charge in [0.25, 0.3) is 5.91 Å². The molecule has 1 amide bonds. The Hall–Kier alpha value is -1.63. The van der Waals surface area contributed by atoms with Crippen LogP contribution < -0.4 is 4.90 Å². The van der Waals surface area contributed by atoms with Gasteiger partial charge in [0, 0.05) is 45.3 Å². The highest BCUT2D eigenvalue weighted by Crippen LogP contribution is 2.35. The van der Waals surface area contributed by atoms with Crippen molar-refractivity contribution in [1.29, 1.82) is 0 Å². The zero-order valence-electron chi connectivity index (χ0n) is 19.3. The van der Waals surface area contributed by atoms with E-state index in [0.717, 1.165) is 58.1 Å². The molecule has 3 aliphatic heterocycles. The Bertz CT molecular complexity index is 727. The van der Waals surface area contributed by atoms with Gasteiger partial charge < -0.3 is 9.80 Å². The lowest BCUT2D eigenvalue weighted by molar-refractivity contribution is 0.0772. The highest BCUT2D eigenvalue weighted by molar-refractivity contribution is 5.91. The third kappa shape index (κ3) is 4.36. The predicted molar refractivity (Wildman–Crippen MR) is 120 cm³/mol. The molecule has 0 bridgehead atoms. The number of hydrogen-bond acceptors (Lipinski definition) is 5. The fourth-order valence-corrected chi connectivity index (χ4v) is 5.48. The average Bonchev–Trinajstić information content (AvgIpc) is 3.52. The van der Waals surface area contributed by atoms with Crippen LogP contribution in [0.2, 0.25) is 0 Å². The van der Waals surface area contributed by atoms with Gasteiger partial charge in [0.05, 0.1) is 0 Å². The molecule has 168 valence electrons. The van der Waals surface area contributed by atoms with Crippen molar-refractivity contribution < 1.29 is 4.79 Å². The number of hydrogen-bond donors (Lipinski definition) is 0. The molecule has 7 nitrogen and oxygen atoms in total. The third-order valence-electron chi connectivity index (χ3n) is 7.84. The number of carbonyl (C=O) groups excluding carboxylic acids is 1. The fraction of sp³-hybridized carbons (Fsp3) is 0.870. The van der Waals surface area contributed by atoms with Gasteiger partial charge >= 0.3 is 0 Å². The normalized spacial score (nSPS) is 27.9. The molecule has 30 heavy (non-hydrogen) atoms. The minimum absolute atomic E-state index is 0.0642. The molecule has 3 aliphatic rings. The van der Waals surface area contributed by atoms with Gasteiger partial charge in [-0.1, -0.05) is 27.2 Å². The van der Waals surface area contributed by atoms with Crippen LogP contribution >= 0.6 is 0 Å². The van der Waals surface area contributed by atoms with Crippen LogP contribution in [0.15, 0.2) is 0 Å². The molecule has 3 saturated heterocycles. The highest BCUT2D eigenvalue weighted by atomic mass is 16.2. The molecular formula is C23H40N6O.